The van der Waals surface area contributed by atoms with Crippen molar-refractivity contribution in [1.29, 1.82) is 0 Å². The maximum atomic E-state index is 8.17. The van der Waals surface area contributed by atoms with Crippen LogP contribution in [0.5, 0.6) is 0 Å². The molecule has 42 heteroatoms. The second-order valence-corrected chi connectivity index (χ2v) is 14.3. The third-order valence-electron chi connectivity index (χ3n) is 5.90. The van der Waals surface area contributed by atoms with E-state index in [1.165, 1.54) is 0 Å². The first-order chi connectivity index (χ1) is 39.3. The van der Waals surface area contributed by atoms with Crippen LogP contribution >= 0.6 is 0 Å². The SMILES string of the molecule is OCC(O)CO.OCC(O)CO.OCC(O)CO.OCC(O)CO.OCC(O)CO.OCC(O)CO.OCC(O)CO.OCC(O)CO.OCC(O)CO.OCC(O)CO.OCC(O)CO.OCC(O)CO.OCC(O)CO.OCC(O)CO. The molecular formula is C42H112O42. The molecule has 0 aromatic carbocycles. The Morgan fingerprint density at radius 3 is 0.107 bits per heavy atom. The molecule has 42 nitrogen and oxygen atoms in total. The zero-order chi connectivity index (χ0) is 69.9. The molecule has 0 aromatic heterocycles. The smallest absolute Gasteiger partial charge is 0.100 e. The lowest BCUT2D eigenvalue weighted by Crippen LogP contribution is -2.15. The third-order valence-corrected chi connectivity index (χ3v) is 5.90. The van der Waals surface area contributed by atoms with Gasteiger partial charge in [0, 0.05) is 0 Å². The van der Waals surface area contributed by atoms with Crippen molar-refractivity contribution in [3.05, 3.63) is 0 Å². The first-order valence-electron chi connectivity index (χ1n) is 23.9. The summed E-state index contributed by atoms with van der Waals surface area (Å²) in [4.78, 5) is 0. The van der Waals surface area contributed by atoms with E-state index in [1.807, 2.05) is 0 Å². The van der Waals surface area contributed by atoms with E-state index in [9.17, 15) is 0 Å². The Bertz CT molecular complexity index is 620. The number of hydrogen-bond donors (Lipinski definition) is 42. The highest BCUT2D eigenvalue weighted by Gasteiger charge is 2.00. The molecule has 0 atom stereocenters. The molecule has 0 unspecified atom stereocenters. The molecule has 84 heavy (non-hydrogen) atoms. The summed E-state index contributed by atoms with van der Waals surface area (Å²) in [5.74, 6) is 0. The van der Waals surface area contributed by atoms with Crippen molar-refractivity contribution in [1.82, 2.24) is 0 Å². The lowest BCUT2D eigenvalue weighted by molar-refractivity contribution is 0.0450. The van der Waals surface area contributed by atoms with Crippen molar-refractivity contribution in [2.75, 3.05) is 185 Å². The Kier molecular flexibility index (Phi) is 156. The van der Waals surface area contributed by atoms with Gasteiger partial charge in [0.2, 0.25) is 0 Å². The summed E-state index contributed by atoms with van der Waals surface area (Å²) in [6.07, 6.45) is -13.4. The molecular weight excluding hydrogens is 1180 g/mol. The number of aliphatic hydroxyl groups excluding tert-OH is 42. The van der Waals surface area contributed by atoms with Crippen LogP contribution in [0.2, 0.25) is 0 Å². The highest BCUT2D eigenvalue weighted by Crippen LogP contribution is 1.78. The van der Waals surface area contributed by atoms with Crippen LogP contribution in [0.3, 0.4) is 0 Å². The molecule has 0 amide bonds. The molecule has 0 aliphatic carbocycles. The number of rotatable bonds is 28. The first-order valence-corrected chi connectivity index (χ1v) is 23.9. The Labute approximate surface area is 484 Å². The zero-order valence-corrected chi connectivity index (χ0v) is 46.7. The zero-order valence-electron chi connectivity index (χ0n) is 46.7. The summed E-state index contributed by atoms with van der Waals surface area (Å²) in [7, 11) is 0. The lowest BCUT2D eigenvalue weighted by atomic mass is 10.4. The Morgan fingerprint density at radius 1 is 0.0833 bits per heavy atom. The van der Waals surface area contributed by atoms with Gasteiger partial charge in [-0.3, -0.25) is 0 Å². The van der Waals surface area contributed by atoms with Crippen LogP contribution in [0.25, 0.3) is 0 Å². The van der Waals surface area contributed by atoms with Gasteiger partial charge >= 0.3 is 0 Å². The van der Waals surface area contributed by atoms with Gasteiger partial charge in [0.15, 0.2) is 0 Å². The molecule has 0 spiro atoms. The van der Waals surface area contributed by atoms with Crippen molar-refractivity contribution < 1.29 is 214 Å². The highest BCUT2D eigenvalue weighted by molar-refractivity contribution is 4.49. The van der Waals surface area contributed by atoms with Crippen LogP contribution in [-0.4, -0.2) is 485 Å². The first kappa shape index (κ1) is 117. The van der Waals surface area contributed by atoms with Crippen molar-refractivity contribution in [3.63, 3.8) is 0 Å². The number of hydrogen-bond acceptors (Lipinski definition) is 42. The van der Waals surface area contributed by atoms with Gasteiger partial charge in [-0.1, -0.05) is 0 Å². The predicted molar refractivity (Wildman–Crippen MR) is 282 cm³/mol. The molecule has 532 valence electrons. The maximum Gasteiger partial charge on any atom is 0.100 e. The van der Waals surface area contributed by atoms with Crippen LogP contribution in [0.15, 0.2) is 0 Å². The Morgan fingerprint density at radius 2 is 0.107 bits per heavy atom. The fourth-order valence-corrected chi connectivity index (χ4v) is 0.808. The van der Waals surface area contributed by atoms with E-state index in [-0.39, 0.29) is 185 Å². The second kappa shape index (κ2) is 112. The molecule has 0 aliphatic rings. The van der Waals surface area contributed by atoms with Gasteiger partial charge in [-0.2, -0.15) is 0 Å². The standard InChI is InChI=1S/14C3H8O3/c14*4-1-3(6)2-5/h14*3-6H,1-2H2. The largest absolute Gasteiger partial charge is 0.394 e. The number of aliphatic hydroxyl groups is 42. The maximum absolute atomic E-state index is 8.17. The van der Waals surface area contributed by atoms with Crippen LogP contribution in [-0.2, 0) is 0 Å². The van der Waals surface area contributed by atoms with E-state index in [0.717, 1.165) is 0 Å². The van der Waals surface area contributed by atoms with Crippen molar-refractivity contribution in [2.45, 2.75) is 85.5 Å². The topological polar surface area (TPSA) is 850 Å². The predicted octanol–water partition coefficient (Wildman–Crippen LogP) is -23.4. The normalized spacial score (nSPS) is 10.0. The molecule has 0 fully saturated rings. The minimum atomic E-state index is -0.954. The molecule has 0 bridgehead atoms. The highest BCUT2D eigenvalue weighted by atomic mass is 16.4. The van der Waals surface area contributed by atoms with E-state index >= 15 is 0 Å². The molecule has 0 aliphatic heterocycles. The fourth-order valence-electron chi connectivity index (χ4n) is 0.808. The van der Waals surface area contributed by atoms with Gasteiger partial charge in [0.25, 0.3) is 0 Å². The summed E-state index contributed by atoms with van der Waals surface area (Å²) >= 11 is 0. The Hall–Kier alpha value is -1.68. The molecule has 0 saturated heterocycles. The fraction of sp³-hybridized carbons (Fsp3) is 1.00. The quantitative estimate of drug-likeness (QED) is 0.0346. The molecule has 42 N–H and O–H groups in total. The Balaban J connectivity index is -0.0000000524. The summed E-state index contributed by atoms with van der Waals surface area (Å²) in [5, 5.41) is 336. The van der Waals surface area contributed by atoms with Gasteiger partial charge in [0.05, 0.1) is 185 Å². The average Bonchev–Trinajstić information content (AvgIpc) is 3.56. The average molecular weight is 1290 g/mol. The summed E-state index contributed by atoms with van der Waals surface area (Å²) in [5.41, 5.74) is 0. The monoisotopic (exact) mass is 1290 g/mol. The van der Waals surface area contributed by atoms with E-state index in [2.05, 4.69) is 0 Å². The second-order valence-electron chi connectivity index (χ2n) is 14.3. The van der Waals surface area contributed by atoms with Gasteiger partial charge in [-0.15, -0.1) is 0 Å². The van der Waals surface area contributed by atoms with Crippen molar-refractivity contribution in [2.24, 2.45) is 0 Å². The van der Waals surface area contributed by atoms with Crippen molar-refractivity contribution in [3.8, 4) is 0 Å². The molecule has 0 aromatic rings. The summed E-state index contributed by atoms with van der Waals surface area (Å²) in [6.45, 7) is -10.2. The van der Waals surface area contributed by atoms with Crippen LogP contribution in [0.4, 0.5) is 0 Å². The minimum absolute atomic E-state index is 0.365. The van der Waals surface area contributed by atoms with E-state index < -0.39 is 85.5 Å². The van der Waals surface area contributed by atoms with Gasteiger partial charge < -0.3 is 214 Å². The van der Waals surface area contributed by atoms with Crippen molar-refractivity contribution >= 4 is 0 Å². The molecule has 0 radical (unpaired) electrons. The minimum Gasteiger partial charge on any atom is -0.394 e. The van der Waals surface area contributed by atoms with Crippen LogP contribution in [0.1, 0.15) is 0 Å². The molecule has 0 saturated carbocycles. The molecule has 0 heterocycles. The van der Waals surface area contributed by atoms with E-state index in [0.29, 0.717) is 0 Å². The van der Waals surface area contributed by atoms with Crippen LogP contribution < -0.4 is 0 Å². The van der Waals surface area contributed by atoms with Gasteiger partial charge in [-0.25, -0.2) is 0 Å². The lowest BCUT2D eigenvalue weighted by Gasteiger charge is -1.96. The van der Waals surface area contributed by atoms with E-state index in [4.69, 9.17) is 214 Å². The van der Waals surface area contributed by atoms with Gasteiger partial charge in [0.1, 0.15) is 85.5 Å². The van der Waals surface area contributed by atoms with Crippen LogP contribution in [0, 0.1) is 0 Å². The third kappa shape index (κ3) is 171. The summed E-state index contributed by atoms with van der Waals surface area (Å²) < 4.78 is 0. The van der Waals surface area contributed by atoms with Gasteiger partial charge in [-0.05, 0) is 0 Å². The summed E-state index contributed by atoms with van der Waals surface area (Å²) in [6, 6.07) is 0. The van der Waals surface area contributed by atoms with E-state index in [1.54, 1.807) is 0 Å². The molecule has 0 rings (SSSR count).